The van der Waals surface area contributed by atoms with Gasteiger partial charge in [-0.15, -0.1) is 0 Å². The van der Waals surface area contributed by atoms with Crippen LogP contribution in [0, 0.1) is 11.7 Å². The number of hydrogen-bond donors (Lipinski definition) is 1. The molecule has 0 bridgehead atoms. The number of anilines is 2. The van der Waals surface area contributed by atoms with Gasteiger partial charge in [0, 0.05) is 24.7 Å². The van der Waals surface area contributed by atoms with Crippen molar-refractivity contribution in [2.24, 2.45) is 5.92 Å². The van der Waals surface area contributed by atoms with E-state index in [9.17, 15) is 14.0 Å². The molecule has 1 saturated heterocycles. The van der Waals surface area contributed by atoms with E-state index >= 15 is 0 Å². The van der Waals surface area contributed by atoms with Crippen molar-refractivity contribution in [3.05, 3.63) is 47.2 Å². The first-order valence-corrected chi connectivity index (χ1v) is 8.59. The highest BCUT2D eigenvalue weighted by molar-refractivity contribution is 6.31. The fourth-order valence-electron chi connectivity index (χ4n) is 2.94. The van der Waals surface area contributed by atoms with Crippen molar-refractivity contribution >= 4 is 34.8 Å². The minimum atomic E-state index is -0.566. The van der Waals surface area contributed by atoms with E-state index < -0.39 is 11.7 Å². The van der Waals surface area contributed by atoms with Gasteiger partial charge in [0.1, 0.15) is 17.3 Å². The number of halogens is 2. The Balaban J connectivity index is 1.75. The molecule has 8 heteroatoms. The van der Waals surface area contributed by atoms with E-state index in [0.29, 0.717) is 22.9 Å². The van der Waals surface area contributed by atoms with Gasteiger partial charge in [-0.1, -0.05) is 11.6 Å². The standard InChI is InChI=1S/C19H18ClFN2O4/c1-26-13-4-6-16(17(9-13)27-2)23-10-11(7-18(23)24)19(25)22-12-3-5-15(21)14(20)8-12/h3-6,8-9,11H,7,10H2,1-2H3,(H,22,25)/t11-/m1/s1. The molecule has 1 aliphatic heterocycles. The number of nitrogens with zero attached hydrogens (tertiary/aromatic N) is 1. The minimum Gasteiger partial charge on any atom is -0.497 e. The lowest BCUT2D eigenvalue weighted by Gasteiger charge is -2.20. The number of carbonyl (C=O) groups is 2. The van der Waals surface area contributed by atoms with E-state index in [1.807, 2.05) is 0 Å². The Morgan fingerprint density at radius 2 is 2.00 bits per heavy atom. The number of hydrogen-bond acceptors (Lipinski definition) is 4. The van der Waals surface area contributed by atoms with E-state index in [-0.39, 0.29) is 29.8 Å². The largest absolute Gasteiger partial charge is 0.497 e. The van der Waals surface area contributed by atoms with Crippen LogP contribution >= 0.6 is 11.6 Å². The summed E-state index contributed by atoms with van der Waals surface area (Å²) in [6.07, 6.45) is 0.0654. The SMILES string of the molecule is COc1ccc(N2C[C@H](C(=O)Nc3ccc(F)c(Cl)c3)CC2=O)c(OC)c1. The van der Waals surface area contributed by atoms with E-state index in [4.69, 9.17) is 21.1 Å². The summed E-state index contributed by atoms with van der Waals surface area (Å²) in [6, 6.07) is 9.04. The van der Waals surface area contributed by atoms with Crippen molar-refractivity contribution in [2.45, 2.75) is 6.42 Å². The van der Waals surface area contributed by atoms with E-state index in [1.54, 1.807) is 18.2 Å². The first-order valence-electron chi connectivity index (χ1n) is 8.21. The van der Waals surface area contributed by atoms with E-state index in [1.165, 1.54) is 37.3 Å². The highest BCUT2D eigenvalue weighted by Gasteiger charge is 2.36. The van der Waals surface area contributed by atoms with Crippen LogP contribution in [0.15, 0.2) is 36.4 Å². The molecule has 0 radical (unpaired) electrons. The maximum atomic E-state index is 13.2. The lowest BCUT2D eigenvalue weighted by Crippen LogP contribution is -2.28. The third-order valence-corrected chi connectivity index (χ3v) is 4.65. The molecule has 1 aliphatic rings. The molecule has 27 heavy (non-hydrogen) atoms. The summed E-state index contributed by atoms with van der Waals surface area (Å²) in [5, 5.41) is 2.59. The summed E-state index contributed by atoms with van der Waals surface area (Å²) < 4.78 is 23.7. The molecule has 3 rings (SSSR count). The minimum absolute atomic E-state index is 0.0654. The summed E-state index contributed by atoms with van der Waals surface area (Å²) in [5.74, 6) is -0.549. The van der Waals surface area contributed by atoms with Crippen LogP contribution in [0.25, 0.3) is 0 Å². The molecule has 2 amide bonds. The molecule has 2 aromatic carbocycles. The van der Waals surface area contributed by atoms with E-state index in [2.05, 4.69) is 5.32 Å². The van der Waals surface area contributed by atoms with Gasteiger partial charge in [-0.3, -0.25) is 9.59 Å². The van der Waals surface area contributed by atoms with Crippen molar-refractivity contribution in [1.29, 1.82) is 0 Å². The Hall–Kier alpha value is -2.80. The molecule has 0 aliphatic carbocycles. The Morgan fingerprint density at radius 1 is 1.22 bits per heavy atom. The number of amides is 2. The van der Waals surface area contributed by atoms with Gasteiger partial charge in [0.15, 0.2) is 0 Å². The molecule has 2 aromatic rings. The van der Waals surface area contributed by atoms with Crippen LogP contribution in [0.2, 0.25) is 5.02 Å². The molecule has 1 N–H and O–H groups in total. The molecule has 6 nitrogen and oxygen atoms in total. The van der Waals surface area contributed by atoms with Crippen LogP contribution in [0.1, 0.15) is 6.42 Å². The average Bonchev–Trinajstić information content (AvgIpc) is 3.05. The van der Waals surface area contributed by atoms with Crippen LogP contribution in [0.4, 0.5) is 15.8 Å². The second-order valence-corrected chi connectivity index (χ2v) is 6.47. The van der Waals surface area contributed by atoms with Gasteiger partial charge in [0.25, 0.3) is 0 Å². The van der Waals surface area contributed by atoms with Crippen molar-refractivity contribution in [3.63, 3.8) is 0 Å². The highest BCUT2D eigenvalue weighted by Crippen LogP contribution is 2.36. The fourth-order valence-corrected chi connectivity index (χ4v) is 3.12. The van der Waals surface area contributed by atoms with Crippen LogP contribution in [0.3, 0.4) is 0 Å². The van der Waals surface area contributed by atoms with Gasteiger partial charge in [0.2, 0.25) is 11.8 Å². The number of nitrogens with one attached hydrogen (secondary N) is 1. The van der Waals surface area contributed by atoms with Gasteiger partial charge in [-0.05, 0) is 30.3 Å². The zero-order valence-electron chi connectivity index (χ0n) is 14.8. The zero-order valence-corrected chi connectivity index (χ0v) is 15.5. The molecular weight excluding hydrogens is 375 g/mol. The normalized spacial score (nSPS) is 16.4. The van der Waals surface area contributed by atoms with Gasteiger partial charge < -0.3 is 19.7 Å². The summed E-state index contributed by atoms with van der Waals surface area (Å²) in [5.41, 5.74) is 0.947. The predicted octanol–water partition coefficient (Wildman–Crippen LogP) is 3.49. The van der Waals surface area contributed by atoms with Crippen molar-refractivity contribution in [3.8, 4) is 11.5 Å². The van der Waals surface area contributed by atoms with Gasteiger partial charge >= 0.3 is 0 Å². The van der Waals surface area contributed by atoms with Crippen molar-refractivity contribution < 1.29 is 23.5 Å². The van der Waals surface area contributed by atoms with Crippen LogP contribution < -0.4 is 19.7 Å². The third kappa shape index (κ3) is 3.98. The van der Waals surface area contributed by atoms with Gasteiger partial charge in [-0.25, -0.2) is 4.39 Å². The number of methoxy groups -OCH3 is 2. The second-order valence-electron chi connectivity index (χ2n) is 6.06. The fraction of sp³-hybridized carbons (Fsp3) is 0.263. The average molecular weight is 393 g/mol. The summed E-state index contributed by atoms with van der Waals surface area (Å²) in [4.78, 5) is 26.5. The Kier molecular flexibility index (Phi) is 5.51. The van der Waals surface area contributed by atoms with Crippen molar-refractivity contribution in [1.82, 2.24) is 0 Å². The molecule has 1 heterocycles. The molecule has 142 valence electrons. The maximum Gasteiger partial charge on any atom is 0.229 e. The topological polar surface area (TPSA) is 67.9 Å². The number of rotatable bonds is 5. The molecular formula is C19H18ClFN2O4. The van der Waals surface area contributed by atoms with Gasteiger partial charge in [0.05, 0.1) is 30.8 Å². The summed E-state index contributed by atoms with van der Waals surface area (Å²) >= 11 is 5.73. The zero-order chi connectivity index (χ0) is 19.6. The maximum absolute atomic E-state index is 13.2. The first-order chi connectivity index (χ1) is 12.9. The summed E-state index contributed by atoms with van der Waals surface area (Å²) in [6.45, 7) is 0.211. The molecule has 0 saturated carbocycles. The first kappa shape index (κ1) is 19.0. The molecule has 0 spiro atoms. The number of ether oxygens (including phenoxy) is 2. The Bertz CT molecular complexity index is 890. The monoisotopic (exact) mass is 392 g/mol. The number of carbonyl (C=O) groups excluding carboxylic acids is 2. The third-order valence-electron chi connectivity index (χ3n) is 4.36. The highest BCUT2D eigenvalue weighted by atomic mass is 35.5. The van der Waals surface area contributed by atoms with E-state index in [0.717, 1.165) is 0 Å². The predicted molar refractivity (Wildman–Crippen MR) is 100 cm³/mol. The lowest BCUT2D eigenvalue weighted by atomic mass is 10.1. The molecule has 0 unspecified atom stereocenters. The van der Waals surface area contributed by atoms with Crippen LogP contribution in [0.5, 0.6) is 11.5 Å². The smallest absolute Gasteiger partial charge is 0.229 e. The molecule has 1 fully saturated rings. The van der Waals surface area contributed by atoms with Crippen molar-refractivity contribution in [2.75, 3.05) is 31.0 Å². The number of benzene rings is 2. The molecule has 0 aromatic heterocycles. The lowest BCUT2D eigenvalue weighted by molar-refractivity contribution is -0.122. The quantitative estimate of drug-likeness (QED) is 0.845. The molecule has 1 atom stereocenters. The Morgan fingerprint density at radius 3 is 2.67 bits per heavy atom. The van der Waals surface area contributed by atoms with Crippen LogP contribution in [-0.2, 0) is 9.59 Å². The van der Waals surface area contributed by atoms with Gasteiger partial charge in [-0.2, -0.15) is 0 Å². The summed E-state index contributed by atoms with van der Waals surface area (Å²) in [7, 11) is 3.04. The van der Waals surface area contributed by atoms with Crippen LogP contribution in [-0.4, -0.2) is 32.6 Å². The Labute approximate surface area is 160 Å². The second kappa shape index (κ2) is 7.84.